The van der Waals surface area contributed by atoms with Crippen molar-refractivity contribution in [1.29, 1.82) is 0 Å². The number of rotatable bonds is 4. The first-order valence-electron chi connectivity index (χ1n) is 8.57. The smallest absolute Gasteiger partial charge is 0.342 e. The van der Waals surface area contributed by atoms with Gasteiger partial charge < -0.3 is 14.9 Å². The molecule has 8 heteroatoms. The van der Waals surface area contributed by atoms with E-state index in [2.05, 4.69) is 21.0 Å². The number of nitrogens with zero attached hydrogens (tertiary/aromatic N) is 3. The van der Waals surface area contributed by atoms with E-state index in [1.54, 1.807) is 25.6 Å². The Morgan fingerprint density at radius 1 is 1.33 bits per heavy atom. The molecule has 0 saturated carbocycles. The summed E-state index contributed by atoms with van der Waals surface area (Å²) >= 11 is 1.57. The van der Waals surface area contributed by atoms with E-state index in [1.165, 1.54) is 5.56 Å². The second kappa shape index (κ2) is 7.03. The number of hydrogen-bond donors (Lipinski definition) is 1. The Kier molecular flexibility index (Phi) is 4.57. The average molecular weight is 382 g/mol. The Labute approximate surface area is 160 Å². The number of carbonyl (C=O) groups is 1. The molecule has 3 heterocycles. The number of benzene rings is 1. The molecule has 2 aromatic heterocycles. The summed E-state index contributed by atoms with van der Waals surface area (Å²) in [5.41, 5.74) is 8.92. The maximum atomic E-state index is 12.2. The van der Waals surface area contributed by atoms with Gasteiger partial charge in [-0.2, -0.15) is 4.98 Å². The van der Waals surface area contributed by atoms with E-state index in [-0.39, 0.29) is 12.4 Å². The molecule has 0 spiro atoms. The third-order valence-corrected chi connectivity index (χ3v) is 5.20. The van der Waals surface area contributed by atoms with Gasteiger partial charge in [-0.15, -0.1) is 11.8 Å². The van der Waals surface area contributed by atoms with Gasteiger partial charge in [0.2, 0.25) is 5.71 Å². The lowest BCUT2D eigenvalue weighted by molar-refractivity contribution is 0.0526. The molecule has 138 valence electrons. The van der Waals surface area contributed by atoms with Gasteiger partial charge in [0, 0.05) is 6.42 Å². The Hall–Kier alpha value is -2.87. The monoisotopic (exact) mass is 382 g/mol. The first-order valence-corrected chi connectivity index (χ1v) is 9.56. The standard InChI is InChI=1S/C19H18N4O3S/c1-3-25-19(24)15-10(2)26-18-16(15)17(20)22-13(23-18)9-27-14-8-11-6-4-5-7-12(11)21-14/h4-7H,3,8-9H2,1-2H3,(H2,20,22,23). The Balaban J connectivity index is 1.57. The molecule has 0 saturated heterocycles. The highest BCUT2D eigenvalue weighted by Gasteiger charge is 2.24. The Morgan fingerprint density at radius 3 is 2.93 bits per heavy atom. The molecule has 0 fully saturated rings. The molecule has 0 bridgehead atoms. The van der Waals surface area contributed by atoms with E-state index >= 15 is 0 Å². The summed E-state index contributed by atoms with van der Waals surface area (Å²) in [7, 11) is 0. The highest BCUT2D eigenvalue weighted by Crippen LogP contribution is 2.32. The van der Waals surface area contributed by atoms with Gasteiger partial charge in [0.05, 0.1) is 28.5 Å². The van der Waals surface area contributed by atoms with Gasteiger partial charge in [-0.05, 0) is 25.5 Å². The van der Waals surface area contributed by atoms with Gasteiger partial charge >= 0.3 is 5.97 Å². The van der Waals surface area contributed by atoms with Crippen molar-refractivity contribution < 1.29 is 13.9 Å². The Morgan fingerprint density at radius 2 is 2.15 bits per heavy atom. The van der Waals surface area contributed by atoms with Crippen LogP contribution in [0.3, 0.4) is 0 Å². The van der Waals surface area contributed by atoms with E-state index in [0.29, 0.717) is 34.0 Å². The summed E-state index contributed by atoms with van der Waals surface area (Å²) in [5, 5.41) is 1.42. The highest BCUT2D eigenvalue weighted by molar-refractivity contribution is 8.13. The minimum absolute atomic E-state index is 0.215. The van der Waals surface area contributed by atoms with Crippen molar-refractivity contribution in [3.63, 3.8) is 0 Å². The summed E-state index contributed by atoms with van der Waals surface area (Å²) in [5.74, 6) is 1.20. The number of aromatic nitrogens is 2. The molecular weight excluding hydrogens is 364 g/mol. The molecule has 1 aliphatic heterocycles. The molecule has 7 nitrogen and oxygen atoms in total. The number of aliphatic imine (C=N–C) groups is 1. The van der Waals surface area contributed by atoms with Crippen LogP contribution in [0.25, 0.3) is 11.1 Å². The van der Waals surface area contributed by atoms with E-state index in [4.69, 9.17) is 14.9 Å². The predicted molar refractivity (Wildman–Crippen MR) is 105 cm³/mol. The molecule has 1 aliphatic rings. The normalized spacial score (nSPS) is 12.9. The van der Waals surface area contributed by atoms with Crippen molar-refractivity contribution in [3.05, 3.63) is 47.0 Å². The number of furan rings is 1. The fourth-order valence-corrected chi connectivity index (χ4v) is 3.88. The fraction of sp³-hybridized carbons (Fsp3) is 0.263. The van der Waals surface area contributed by atoms with Crippen LogP contribution in [0, 0.1) is 6.92 Å². The number of ether oxygens (including phenoxy) is 1. The average Bonchev–Trinajstić information content (AvgIpc) is 3.20. The van der Waals surface area contributed by atoms with Crippen LogP contribution in [0.5, 0.6) is 0 Å². The number of fused-ring (bicyclic) bond motifs is 2. The molecule has 0 aliphatic carbocycles. The first-order chi connectivity index (χ1) is 13.1. The third kappa shape index (κ3) is 3.28. The molecule has 3 aromatic rings. The van der Waals surface area contributed by atoms with E-state index in [0.717, 1.165) is 17.2 Å². The van der Waals surface area contributed by atoms with E-state index in [9.17, 15) is 4.79 Å². The second-order valence-electron chi connectivity index (χ2n) is 6.06. The molecule has 0 radical (unpaired) electrons. The SMILES string of the molecule is CCOC(=O)c1c(C)oc2nc(CSC3=Nc4ccccc4C3)nc(N)c12. The Bertz CT molecular complexity index is 1070. The zero-order chi connectivity index (χ0) is 19.0. The number of nitrogen functional groups attached to an aromatic ring is 1. The van der Waals surface area contributed by atoms with Gasteiger partial charge in [0.1, 0.15) is 23.0 Å². The van der Waals surface area contributed by atoms with E-state index in [1.807, 2.05) is 18.2 Å². The van der Waals surface area contributed by atoms with Crippen molar-refractivity contribution in [2.75, 3.05) is 12.3 Å². The predicted octanol–water partition coefficient (Wildman–Crippen LogP) is 3.81. The molecule has 2 N–H and O–H groups in total. The molecule has 4 rings (SSSR count). The number of thioether (sulfide) groups is 1. The number of esters is 1. The van der Waals surface area contributed by atoms with Crippen LogP contribution in [0.4, 0.5) is 11.5 Å². The van der Waals surface area contributed by atoms with Crippen LogP contribution < -0.4 is 5.73 Å². The number of hydrogen-bond acceptors (Lipinski definition) is 8. The van der Waals surface area contributed by atoms with Crippen molar-refractivity contribution in [2.45, 2.75) is 26.0 Å². The molecule has 1 aromatic carbocycles. The molecular formula is C19H18N4O3S. The topological polar surface area (TPSA) is 104 Å². The molecule has 0 amide bonds. The number of nitrogens with two attached hydrogens (primary N) is 1. The quantitative estimate of drug-likeness (QED) is 0.684. The minimum Gasteiger partial charge on any atom is -0.462 e. The maximum Gasteiger partial charge on any atom is 0.342 e. The number of aryl methyl sites for hydroxylation is 1. The zero-order valence-electron chi connectivity index (χ0n) is 15.0. The lowest BCUT2D eigenvalue weighted by Gasteiger charge is -2.04. The second-order valence-corrected chi connectivity index (χ2v) is 7.11. The molecule has 27 heavy (non-hydrogen) atoms. The first kappa shape index (κ1) is 17.5. The van der Waals surface area contributed by atoms with E-state index < -0.39 is 5.97 Å². The third-order valence-electron chi connectivity index (χ3n) is 4.23. The van der Waals surface area contributed by atoms with Gasteiger partial charge in [-0.25, -0.2) is 14.8 Å². The van der Waals surface area contributed by atoms with Crippen LogP contribution >= 0.6 is 11.8 Å². The highest BCUT2D eigenvalue weighted by atomic mass is 32.2. The summed E-state index contributed by atoms with van der Waals surface area (Å²) in [6, 6.07) is 8.08. The van der Waals surface area contributed by atoms with Crippen molar-refractivity contribution in [3.8, 4) is 0 Å². The summed E-state index contributed by atoms with van der Waals surface area (Å²) < 4.78 is 10.7. The molecule has 0 atom stereocenters. The zero-order valence-corrected chi connectivity index (χ0v) is 15.8. The lowest BCUT2D eigenvalue weighted by atomic mass is 10.2. The van der Waals surface area contributed by atoms with Crippen LogP contribution in [0.1, 0.15) is 34.4 Å². The van der Waals surface area contributed by atoms with Gasteiger partial charge in [-0.3, -0.25) is 0 Å². The number of carbonyl (C=O) groups excluding carboxylic acids is 1. The van der Waals surface area contributed by atoms with Gasteiger partial charge in [0.25, 0.3) is 0 Å². The number of para-hydroxylation sites is 1. The van der Waals surface area contributed by atoms with Crippen LogP contribution in [0.15, 0.2) is 33.7 Å². The number of anilines is 1. The van der Waals surface area contributed by atoms with Crippen LogP contribution in [-0.2, 0) is 16.9 Å². The fourth-order valence-electron chi connectivity index (χ4n) is 3.03. The summed E-state index contributed by atoms with van der Waals surface area (Å²) in [6.45, 7) is 3.70. The maximum absolute atomic E-state index is 12.2. The lowest BCUT2D eigenvalue weighted by Crippen LogP contribution is -2.07. The minimum atomic E-state index is -0.482. The molecule has 0 unspecified atom stereocenters. The van der Waals surface area contributed by atoms with Crippen molar-refractivity contribution in [1.82, 2.24) is 9.97 Å². The van der Waals surface area contributed by atoms with Gasteiger partial charge in [0.15, 0.2) is 0 Å². The van der Waals surface area contributed by atoms with Crippen LogP contribution in [-0.4, -0.2) is 27.6 Å². The van der Waals surface area contributed by atoms with Crippen molar-refractivity contribution in [2.24, 2.45) is 4.99 Å². The summed E-state index contributed by atoms with van der Waals surface area (Å²) in [6.07, 6.45) is 0.811. The van der Waals surface area contributed by atoms with Crippen molar-refractivity contribution >= 4 is 45.4 Å². The van der Waals surface area contributed by atoms with Crippen LogP contribution in [0.2, 0.25) is 0 Å². The van der Waals surface area contributed by atoms with Gasteiger partial charge in [-0.1, -0.05) is 18.2 Å². The summed E-state index contributed by atoms with van der Waals surface area (Å²) in [4.78, 5) is 25.6. The largest absolute Gasteiger partial charge is 0.462 e.